The van der Waals surface area contributed by atoms with Crippen molar-refractivity contribution in [3.05, 3.63) is 52.2 Å². The molecule has 1 aromatic carbocycles. The molecular formula is C13H15BFN3O3. The summed E-state index contributed by atoms with van der Waals surface area (Å²) in [5.41, 5.74) is 0.704. The van der Waals surface area contributed by atoms with Gasteiger partial charge in [0.2, 0.25) is 0 Å². The molecule has 0 aliphatic rings. The van der Waals surface area contributed by atoms with Crippen molar-refractivity contribution in [2.24, 2.45) is 0 Å². The summed E-state index contributed by atoms with van der Waals surface area (Å²) in [6.07, 6.45) is 1.55. The van der Waals surface area contributed by atoms with Crippen molar-refractivity contribution in [3.8, 4) is 0 Å². The second-order valence-electron chi connectivity index (χ2n) is 4.83. The Bertz CT molecular complexity index is 703. The number of rotatable bonds is 4. The summed E-state index contributed by atoms with van der Waals surface area (Å²) < 4.78 is 14.6. The number of aromatic nitrogens is 2. The van der Waals surface area contributed by atoms with Crippen LogP contribution < -0.4 is 15.9 Å². The van der Waals surface area contributed by atoms with E-state index in [0.717, 1.165) is 6.07 Å². The van der Waals surface area contributed by atoms with E-state index in [0.29, 0.717) is 11.3 Å². The Balaban J connectivity index is 2.30. The minimum absolute atomic E-state index is 0.118. The van der Waals surface area contributed by atoms with Gasteiger partial charge in [0.25, 0.3) is 5.56 Å². The van der Waals surface area contributed by atoms with Gasteiger partial charge in [-0.15, -0.1) is 0 Å². The van der Waals surface area contributed by atoms with Crippen LogP contribution in [0.2, 0.25) is 0 Å². The smallest absolute Gasteiger partial charge is 0.423 e. The van der Waals surface area contributed by atoms with Crippen LogP contribution in [0.4, 0.5) is 10.1 Å². The van der Waals surface area contributed by atoms with Gasteiger partial charge in [0.15, 0.2) is 0 Å². The van der Waals surface area contributed by atoms with Crippen LogP contribution in [-0.2, 0) is 6.54 Å². The van der Waals surface area contributed by atoms with E-state index in [2.05, 4.69) is 5.10 Å². The van der Waals surface area contributed by atoms with Crippen LogP contribution in [0.25, 0.3) is 0 Å². The third kappa shape index (κ3) is 3.47. The lowest BCUT2D eigenvalue weighted by Crippen LogP contribution is -2.33. The van der Waals surface area contributed by atoms with Crippen LogP contribution in [0.15, 0.2) is 35.3 Å². The Morgan fingerprint density at radius 2 is 2.05 bits per heavy atom. The molecule has 21 heavy (non-hydrogen) atoms. The Kier molecular flexibility index (Phi) is 4.39. The molecule has 0 atom stereocenters. The Hall–Kier alpha value is -2.19. The fourth-order valence-corrected chi connectivity index (χ4v) is 1.85. The van der Waals surface area contributed by atoms with Crippen molar-refractivity contribution in [3.63, 3.8) is 0 Å². The summed E-state index contributed by atoms with van der Waals surface area (Å²) in [4.78, 5) is 13.7. The molecule has 0 saturated carbocycles. The minimum atomic E-state index is -1.90. The molecule has 0 unspecified atom stereocenters. The van der Waals surface area contributed by atoms with E-state index < -0.39 is 12.9 Å². The molecule has 110 valence electrons. The molecule has 0 aliphatic carbocycles. The maximum atomic E-state index is 13.4. The van der Waals surface area contributed by atoms with Gasteiger partial charge in [0.1, 0.15) is 5.82 Å². The fraction of sp³-hybridized carbons (Fsp3) is 0.231. The molecule has 2 aromatic rings. The van der Waals surface area contributed by atoms with Gasteiger partial charge in [0.05, 0.1) is 18.4 Å². The predicted molar refractivity (Wildman–Crippen MR) is 78.2 cm³/mol. The maximum absolute atomic E-state index is 13.4. The Morgan fingerprint density at radius 3 is 2.62 bits per heavy atom. The number of benzene rings is 1. The van der Waals surface area contributed by atoms with Gasteiger partial charge in [-0.1, -0.05) is 12.1 Å². The SMILES string of the molecule is CN(C)c1cnn(Cc2ccc(F)c(B(O)O)c2)c(=O)c1. The van der Waals surface area contributed by atoms with Gasteiger partial charge in [0, 0.05) is 25.6 Å². The molecule has 0 aliphatic heterocycles. The third-order valence-corrected chi connectivity index (χ3v) is 3.04. The molecule has 1 aromatic heterocycles. The highest BCUT2D eigenvalue weighted by molar-refractivity contribution is 6.58. The van der Waals surface area contributed by atoms with Crippen molar-refractivity contribution in [2.75, 3.05) is 19.0 Å². The normalized spacial score (nSPS) is 10.5. The van der Waals surface area contributed by atoms with Gasteiger partial charge >= 0.3 is 7.12 Å². The quantitative estimate of drug-likeness (QED) is 0.719. The highest BCUT2D eigenvalue weighted by Gasteiger charge is 2.17. The molecular weight excluding hydrogens is 276 g/mol. The number of hydrogen-bond donors (Lipinski definition) is 2. The molecule has 0 saturated heterocycles. The first-order valence-electron chi connectivity index (χ1n) is 6.27. The van der Waals surface area contributed by atoms with Crippen molar-refractivity contribution in [1.82, 2.24) is 9.78 Å². The zero-order chi connectivity index (χ0) is 15.6. The molecule has 8 heteroatoms. The zero-order valence-electron chi connectivity index (χ0n) is 11.7. The maximum Gasteiger partial charge on any atom is 0.491 e. The highest BCUT2D eigenvalue weighted by atomic mass is 19.1. The molecule has 0 spiro atoms. The van der Waals surface area contributed by atoms with E-state index >= 15 is 0 Å². The lowest BCUT2D eigenvalue weighted by atomic mass is 9.79. The summed E-state index contributed by atoms with van der Waals surface area (Å²) in [6, 6.07) is 5.34. The second kappa shape index (κ2) is 6.07. The molecule has 2 N–H and O–H groups in total. The van der Waals surface area contributed by atoms with Gasteiger partial charge in [-0.05, 0) is 11.6 Å². The third-order valence-electron chi connectivity index (χ3n) is 3.04. The van der Waals surface area contributed by atoms with Crippen LogP contribution >= 0.6 is 0 Å². The molecule has 0 bridgehead atoms. The van der Waals surface area contributed by atoms with Crippen LogP contribution in [-0.4, -0.2) is 41.0 Å². The van der Waals surface area contributed by atoms with E-state index in [1.54, 1.807) is 25.2 Å². The number of anilines is 1. The van der Waals surface area contributed by atoms with Gasteiger partial charge in [-0.25, -0.2) is 9.07 Å². The van der Waals surface area contributed by atoms with E-state index in [1.165, 1.54) is 22.9 Å². The summed E-state index contributed by atoms with van der Waals surface area (Å²) in [6.45, 7) is 0.118. The van der Waals surface area contributed by atoms with E-state index in [9.17, 15) is 9.18 Å². The second-order valence-corrected chi connectivity index (χ2v) is 4.83. The Labute approximate surface area is 121 Å². The molecule has 0 amide bonds. The number of nitrogens with zero attached hydrogens (tertiary/aromatic N) is 3. The van der Waals surface area contributed by atoms with Crippen molar-refractivity contribution >= 4 is 18.3 Å². The number of halogens is 1. The van der Waals surface area contributed by atoms with E-state index in [4.69, 9.17) is 10.0 Å². The van der Waals surface area contributed by atoms with E-state index in [1.807, 2.05) is 0 Å². The molecule has 2 rings (SSSR count). The van der Waals surface area contributed by atoms with Crippen molar-refractivity contribution in [2.45, 2.75) is 6.54 Å². The summed E-state index contributed by atoms with van der Waals surface area (Å²) in [5.74, 6) is -0.711. The van der Waals surface area contributed by atoms with Crippen molar-refractivity contribution in [1.29, 1.82) is 0 Å². The summed E-state index contributed by atoms with van der Waals surface area (Å²) in [7, 11) is 1.71. The van der Waals surface area contributed by atoms with E-state index in [-0.39, 0.29) is 17.6 Å². The van der Waals surface area contributed by atoms with Crippen LogP contribution in [0.3, 0.4) is 0 Å². The zero-order valence-corrected chi connectivity index (χ0v) is 11.7. The first-order chi connectivity index (χ1) is 9.88. The molecule has 0 fully saturated rings. The first kappa shape index (κ1) is 15.2. The average molecular weight is 291 g/mol. The largest absolute Gasteiger partial charge is 0.491 e. The standard InChI is InChI=1S/C13H15BFN3O3/c1-17(2)10-6-13(19)18(16-7-10)8-9-3-4-12(15)11(5-9)14(20)21/h3-7,20-21H,8H2,1-2H3. The summed E-state index contributed by atoms with van der Waals surface area (Å²) in [5, 5.41) is 22.2. The topological polar surface area (TPSA) is 78.6 Å². The lowest BCUT2D eigenvalue weighted by molar-refractivity contribution is 0.423. The summed E-state index contributed by atoms with van der Waals surface area (Å²) >= 11 is 0. The van der Waals surface area contributed by atoms with Crippen LogP contribution in [0.1, 0.15) is 5.56 Å². The van der Waals surface area contributed by atoms with Crippen LogP contribution in [0.5, 0.6) is 0 Å². The van der Waals surface area contributed by atoms with Gasteiger partial charge in [-0.2, -0.15) is 5.10 Å². The highest BCUT2D eigenvalue weighted by Crippen LogP contribution is 2.06. The molecule has 6 nitrogen and oxygen atoms in total. The number of hydrogen-bond acceptors (Lipinski definition) is 5. The average Bonchev–Trinajstić information content (AvgIpc) is 2.42. The van der Waals surface area contributed by atoms with Gasteiger partial charge < -0.3 is 14.9 Å². The van der Waals surface area contributed by atoms with Crippen molar-refractivity contribution < 1.29 is 14.4 Å². The van der Waals surface area contributed by atoms with Crippen LogP contribution in [0, 0.1) is 5.82 Å². The Morgan fingerprint density at radius 1 is 1.33 bits per heavy atom. The lowest BCUT2D eigenvalue weighted by Gasteiger charge is -2.12. The monoisotopic (exact) mass is 291 g/mol. The predicted octanol–water partition coefficient (Wildman–Crippen LogP) is -0.824. The molecule has 0 radical (unpaired) electrons. The molecule has 1 heterocycles. The fourth-order valence-electron chi connectivity index (χ4n) is 1.85. The van der Waals surface area contributed by atoms with Gasteiger partial charge in [-0.3, -0.25) is 4.79 Å². The first-order valence-corrected chi connectivity index (χ1v) is 6.27. The minimum Gasteiger partial charge on any atom is -0.423 e.